The van der Waals surface area contributed by atoms with Crippen LogP contribution in [-0.4, -0.2) is 70.8 Å². The van der Waals surface area contributed by atoms with Crippen LogP contribution in [0.2, 0.25) is 0 Å². The van der Waals surface area contributed by atoms with Gasteiger partial charge in [-0.25, -0.2) is 4.98 Å². The molecule has 0 radical (unpaired) electrons. The average molecular weight is 390 g/mol. The van der Waals surface area contributed by atoms with E-state index < -0.39 is 11.5 Å². The Hall–Kier alpha value is -1.80. The number of benzene rings is 1. The third-order valence-electron chi connectivity index (χ3n) is 5.11. The Morgan fingerprint density at radius 1 is 1.37 bits per heavy atom. The summed E-state index contributed by atoms with van der Waals surface area (Å²) in [6, 6.07) is 9.80. The Kier molecular flexibility index (Phi) is 6.26. The summed E-state index contributed by atoms with van der Waals surface area (Å²) in [5.74, 6) is -0.131. The highest BCUT2D eigenvalue weighted by atomic mass is 32.1. The molecular formula is C20H27N3O3S. The molecule has 6 nitrogen and oxygen atoms in total. The molecule has 1 fully saturated rings. The van der Waals surface area contributed by atoms with Crippen molar-refractivity contribution in [3.63, 3.8) is 0 Å². The van der Waals surface area contributed by atoms with E-state index in [1.165, 1.54) is 11.3 Å². The Morgan fingerprint density at radius 3 is 2.78 bits per heavy atom. The molecule has 2 N–H and O–H groups in total. The molecule has 2 aromatic rings. The molecule has 2 atom stereocenters. The summed E-state index contributed by atoms with van der Waals surface area (Å²) in [5, 5.41) is 23.5. The lowest BCUT2D eigenvalue weighted by Gasteiger charge is -2.45. The zero-order chi connectivity index (χ0) is 19.4. The van der Waals surface area contributed by atoms with Crippen molar-refractivity contribution in [3.05, 3.63) is 52.0 Å². The Balaban J connectivity index is 1.77. The van der Waals surface area contributed by atoms with Crippen molar-refractivity contribution in [2.75, 3.05) is 33.8 Å². The molecule has 27 heavy (non-hydrogen) atoms. The van der Waals surface area contributed by atoms with E-state index in [1.807, 2.05) is 49.3 Å². The number of nitrogens with zero attached hydrogens (tertiary/aromatic N) is 3. The first-order valence-corrected chi connectivity index (χ1v) is 10.0. The molecule has 0 unspecified atom stereocenters. The number of piperidine rings is 1. The molecule has 0 spiro atoms. The first-order valence-electron chi connectivity index (χ1n) is 9.15. The molecule has 1 saturated heterocycles. The summed E-state index contributed by atoms with van der Waals surface area (Å²) in [6.07, 6.45) is 0.331. The summed E-state index contributed by atoms with van der Waals surface area (Å²) in [7, 11) is 3.93. The molecule has 1 aromatic carbocycles. The number of aromatic nitrogens is 1. The van der Waals surface area contributed by atoms with Crippen LogP contribution in [0.4, 0.5) is 0 Å². The number of amides is 1. The van der Waals surface area contributed by atoms with E-state index in [0.717, 1.165) is 10.6 Å². The minimum atomic E-state index is -0.752. The van der Waals surface area contributed by atoms with Crippen LogP contribution >= 0.6 is 11.3 Å². The molecule has 146 valence electrons. The van der Waals surface area contributed by atoms with Gasteiger partial charge in [0.2, 0.25) is 0 Å². The Morgan fingerprint density at radius 2 is 2.11 bits per heavy atom. The van der Waals surface area contributed by atoms with Crippen molar-refractivity contribution < 1.29 is 15.0 Å². The van der Waals surface area contributed by atoms with Crippen molar-refractivity contribution in [3.8, 4) is 0 Å². The van der Waals surface area contributed by atoms with Gasteiger partial charge in [-0.15, -0.1) is 11.3 Å². The molecule has 0 saturated carbocycles. The normalized spacial score (nSPS) is 23.0. The number of likely N-dealkylation sites (tertiary alicyclic amines) is 1. The lowest BCUT2D eigenvalue weighted by Crippen LogP contribution is -2.56. The maximum Gasteiger partial charge on any atom is 0.273 e. The first-order chi connectivity index (χ1) is 12.9. The summed E-state index contributed by atoms with van der Waals surface area (Å²) in [6.45, 7) is 1.32. The third-order valence-corrected chi connectivity index (χ3v) is 5.94. The minimum absolute atomic E-state index is 0.131. The summed E-state index contributed by atoms with van der Waals surface area (Å²) in [4.78, 5) is 21.2. The Bertz CT molecular complexity index is 765. The predicted molar refractivity (Wildman–Crippen MR) is 106 cm³/mol. The smallest absolute Gasteiger partial charge is 0.273 e. The maximum absolute atomic E-state index is 13.0. The molecule has 3 rings (SSSR count). The first kappa shape index (κ1) is 19.9. The standard InChI is InChI=1S/C20H27N3O3S/c1-22(2)11-18-21-16(12-27-18)19(26)23-9-8-17(25)20(13-23,14-24)10-15-6-4-3-5-7-15/h3-7,12,17,24-25H,8-11,13-14H2,1-2H3/t17-,20+/m0/s1. The summed E-state index contributed by atoms with van der Waals surface area (Å²) in [5.41, 5.74) is 0.735. The van der Waals surface area contributed by atoms with Crippen molar-refractivity contribution in [2.45, 2.75) is 25.5 Å². The highest BCUT2D eigenvalue weighted by Crippen LogP contribution is 2.34. The second kappa shape index (κ2) is 8.48. The third kappa shape index (κ3) is 4.55. The molecule has 1 aliphatic heterocycles. The summed E-state index contributed by atoms with van der Waals surface area (Å²) < 4.78 is 0. The predicted octanol–water partition coefficient (Wildman–Crippen LogP) is 1.63. The molecule has 1 aromatic heterocycles. The van der Waals surface area contributed by atoms with Crippen molar-refractivity contribution in [2.24, 2.45) is 5.41 Å². The van der Waals surface area contributed by atoms with Gasteiger partial charge in [0.15, 0.2) is 0 Å². The van der Waals surface area contributed by atoms with Crippen molar-refractivity contribution in [1.29, 1.82) is 0 Å². The fourth-order valence-corrected chi connectivity index (χ4v) is 4.51. The number of aliphatic hydroxyl groups is 2. The topological polar surface area (TPSA) is 76.9 Å². The number of rotatable bonds is 6. The van der Waals surface area contributed by atoms with Crippen molar-refractivity contribution in [1.82, 2.24) is 14.8 Å². The quantitative estimate of drug-likeness (QED) is 0.785. The van der Waals surface area contributed by atoms with Gasteiger partial charge < -0.3 is 20.0 Å². The fourth-order valence-electron chi connectivity index (χ4n) is 3.62. The van der Waals surface area contributed by atoms with Gasteiger partial charge in [0, 0.05) is 30.4 Å². The van der Waals surface area contributed by atoms with Crippen LogP contribution in [0.1, 0.15) is 27.5 Å². The number of hydrogen-bond acceptors (Lipinski definition) is 6. The SMILES string of the molecule is CN(C)Cc1nc(C(=O)N2CC[C@H](O)[C@](CO)(Cc3ccccc3)C2)cs1. The molecule has 0 aliphatic carbocycles. The number of aliphatic hydroxyl groups excluding tert-OH is 2. The van der Waals surface area contributed by atoms with Gasteiger partial charge in [-0.2, -0.15) is 0 Å². The van der Waals surface area contributed by atoms with Crippen LogP contribution in [0.25, 0.3) is 0 Å². The zero-order valence-corrected chi connectivity index (χ0v) is 16.7. The van der Waals surface area contributed by atoms with Crippen LogP contribution in [0, 0.1) is 5.41 Å². The van der Waals surface area contributed by atoms with E-state index in [9.17, 15) is 15.0 Å². The van der Waals surface area contributed by atoms with Crippen LogP contribution in [0.5, 0.6) is 0 Å². The maximum atomic E-state index is 13.0. The molecule has 1 amide bonds. The van der Waals surface area contributed by atoms with Crippen LogP contribution in [0.15, 0.2) is 35.7 Å². The largest absolute Gasteiger partial charge is 0.396 e. The minimum Gasteiger partial charge on any atom is -0.396 e. The number of carbonyl (C=O) groups excluding carboxylic acids is 1. The highest BCUT2D eigenvalue weighted by molar-refractivity contribution is 7.09. The van der Waals surface area contributed by atoms with Gasteiger partial charge in [-0.05, 0) is 32.5 Å². The molecule has 2 heterocycles. The van der Waals surface area contributed by atoms with Crippen LogP contribution in [0.3, 0.4) is 0 Å². The number of carbonyl (C=O) groups is 1. The lowest BCUT2D eigenvalue weighted by atomic mass is 9.73. The van der Waals surface area contributed by atoms with E-state index in [1.54, 1.807) is 10.3 Å². The highest BCUT2D eigenvalue weighted by Gasteiger charge is 2.44. The summed E-state index contributed by atoms with van der Waals surface area (Å²) >= 11 is 1.48. The fraction of sp³-hybridized carbons (Fsp3) is 0.500. The molecular weight excluding hydrogens is 362 g/mol. The van der Waals surface area contributed by atoms with Crippen LogP contribution in [-0.2, 0) is 13.0 Å². The molecule has 7 heteroatoms. The van der Waals surface area contributed by atoms with E-state index in [4.69, 9.17) is 0 Å². The molecule has 1 aliphatic rings. The van der Waals surface area contributed by atoms with E-state index in [2.05, 4.69) is 4.98 Å². The van der Waals surface area contributed by atoms with Gasteiger partial charge in [0.1, 0.15) is 10.7 Å². The van der Waals surface area contributed by atoms with Gasteiger partial charge in [0.05, 0.1) is 12.7 Å². The zero-order valence-electron chi connectivity index (χ0n) is 15.8. The van der Waals surface area contributed by atoms with Gasteiger partial charge in [-0.1, -0.05) is 30.3 Å². The van der Waals surface area contributed by atoms with E-state index >= 15 is 0 Å². The number of hydrogen-bond donors (Lipinski definition) is 2. The Labute approximate surface area is 164 Å². The van der Waals surface area contributed by atoms with Crippen molar-refractivity contribution >= 4 is 17.2 Å². The van der Waals surface area contributed by atoms with E-state index in [-0.39, 0.29) is 12.5 Å². The average Bonchev–Trinajstić information content (AvgIpc) is 3.11. The van der Waals surface area contributed by atoms with Gasteiger partial charge >= 0.3 is 0 Å². The lowest BCUT2D eigenvalue weighted by molar-refractivity contribution is -0.0669. The van der Waals surface area contributed by atoms with E-state index in [0.29, 0.717) is 38.2 Å². The van der Waals surface area contributed by atoms with Crippen LogP contribution < -0.4 is 0 Å². The number of thiazole rings is 1. The van der Waals surface area contributed by atoms with Gasteiger partial charge in [0.25, 0.3) is 5.91 Å². The molecule has 0 bridgehead atoms. The monoisotopic (exact) mass is 389 g/mol. The van der Waals surface area contributed by atoms with Gasteiger partial charge in [-0.3, -0.25) is 4.79 Å². The second-order valence-electron chi connectivity index (χ2n) is 7.58. The second-order valence-corrected chi connectivity index (χ2v) is 8.52.